The van der Waals surface area contributed by atoms with Crippen LogP contribution < -0.4 is 5.32 Å². The molecule has 33 heavy (non-hydrogen) atoms. The Labute approximate surface area is 194 Å². The minimum absolute atomic E-state index is 0.193. The van der Waals surface area contributed by atoms with E-state index in [-0.39, 0.29) is 12.2 Å². The molecule has 0 unspecified atom stereocenters. The number of amides is 1. The van der Waals surface area contributed by atoms with Gasteiger partial charge in [0, 0.05) is 10.9 Å². The first kappa shape index (κ1) is 21.6. The molecule has 4 atom stereocenters. The lowest BCUT2D eigenvalue weighted by atomic mass is 9.78. The molecule has 2 saturated heterocycles. The number of carboxylic acids is 1. The summed E-state index contributed by atoms with van der Waals surface area (Å²) in [6, 6.07) is 13.7. The van der Waals surface area contributed by atoms with Gasteiger partial charge >= 0.3 is 11.9 Å². The van der Waals surface area contributed by atoms with E-state index in [2.05, 4.69) is 5.32 Å². The fourth-order valence-corrected chi connectivity index (χ4v) is 5.99. The number of rotatable bonds is 6. The molecule has 3 heterocycles. The fraction of sp³-hybridized carbons (Fsp3) is 0.320. The predicted molar refractivity (Wildman–Crippen MR) is 124 cm³/mol. The van der Waals surface area contributed by atoms with Crippen LogP contribution in [0.3, 0.4) is 0 Å². The second-order valence-electron chi connectivity index (χ2n) is 8.27. The SMILES string of the molecule is CCOC(=O)c1c(-c2cccc3ccccc23)csc1NC(=O)[C@@H]1[C@@H](C(=O)O)[C@H]2CC[C@H]1O2. The number of esters is 1. The average Bonchev–Trinajstić information content (AvgIpc) is 3.53. The first-order valence-corrected chi connectivity index (χ1v) is 11.8. The maximum atomic E-state index is 13.2. The zero-order valence-corrected chi connectivity index (χ0v) is 18.8. The third-order valence-electron chi connectivity index (χ3n) is 6.45. The van der Waals surface area contributed by atoms with Gasteiger partial charge in [0.15, 0.2) is 0 Å². The molecule has 2 fully saturated rings. The standard InChI is InChI=1S/C25H23NO6S/c1-2-31-25(30)19-16(15-9-5-7-13-6-3-4-8-14(13)15)12-33-23(19)26-22(27)20-17-10-11-18(32-17)21(20)24(28)29/h3-9,12,17-18,20-21H,2,10-11H2,1H3,(H,26,27)(H,28,29)/t17-,18-,20+,21+/m1/s1. The topological polar surface area (TPSA) is 102 Å². The van der Waals surface area contributed by atoms with Crippen LogP contribution in [0.2, 0.25) is 0 Å². The molecule has 1 aromatic heterocycles. The van der Waals surface area contributed by atoms with E-state index in [1.165, 1.54) is 11.3 Å². The van der Waals surface area contributed by atoms with Crippen LogP contribution in [0.15, 0.2) is 47.8 Å². The van der Waals surface area contributed by atoms with Crippen molar-refractivity contribution in [3.63, 3.8) is 0 Å². The second kappa shape index (κ2) is 8.61. The summed E-state index contributed by atoms with van der Waals surface area (Å²) in [4.78, 5) is 38.0. The number of thiophene rings is 1. The molecule has 5 rings (SSSR count). The molecule has 8 heteroatoms. The van der Waals surface area contributed by atoms with E-state index in [1.54, 1.807) is 6.92 Å². The van der Waals surface area contributed by atoms with Crippen LogP contribution in [-0.2, 0) is 19.1 Å². The van der Waals surface area contributed by atoms with Crippen LogP contribution in [-0.4, -0.2) is 41.8 Å². The highest BCUT2D eigenvalue weighted by atomic mass is 32.1. The van der Waals surface area contributed by atoms with E-state index < -0.39 is 41.9 Å². The van der Waals surface area contributed by atoms with Crippen molar-refractivity contribution in [1.82, 2.24) is 0 Å². The summed E-state index contributed by atoms with van der Waals surface area (Å²) < 4.78 is 11.0. The summed E-state index contributed by atoms with van der Waals surface area (Å²) in [5.74, 6) is -3.68. The lowest BCUT2D eigenvalue weighted by molar-refractivity contribution is -0.147. The Morgan fingerprint density at radius 2 is 1.79 bits per heavy atom. The van der Waals surface area contributed by atoms with E-state index in [1.807, 2.05) is 47.8 Å². The van der Waals surface area contributed by atoms with Crippen molar-refractivity contribution in [2.75, 3.05) is 11.9 Å². The molecular formula is C25H23NO6S. The summed E-state index contributed by atoms with van der Waals surface area (Å²) in [6.07, 6.45) is 0.439. The van der Waals surface area contributed by atoms with Crippen molar-refractivity contribution < 1.29 is 29.0 Å². The normalized spacial score (nSPS) is 23.5. The first-order valence-electron chi connectivity index (χ1n) is 11.0. The molecule has 2 aliphatic rings. The third-order valence-corrected chi connectivity index (χ3v) is 7.34. The van der Waals surface area contributed by atoms with Crippen LogP contribution >= 0.6 is 11.3 Å². The molecule has 170 valence electrons. The van der Waals surface area contributed by atoms with E-state index in [9.17, 15) is 19.5 Å². The molecule has 2 aliphatic heterocycles. The lowest BCUT2D eigenvalue weighted by Crippen LogP contribution is -2.41. The van der Waals surface area contributed by atoms with Gasteiger partial charge in [-0.1, -0.05) is 42.5 Å². The van der Waals surface area contributed by atoms with Crippen LogP contribution in [0, 0.1) is 11.8 Å². The van der Waals surface area contributed by atoms with Gasteiger partial charge < -0.3 is 19.9 Å². The summed E-state index contributed by atoms with van der Waals surface area (Å²) >= 11 is 1.23. The molecule has 3 aromatic rings. The van der Waals surface area contributed by atoms with E-state index in [0.717, 1.165) is 16.3 Å². The number of aliphatic carboxylic acids is 1. The van der Waals surface area contributed by atoms with Crippen LogP contribution in [0.5, 0.6) is 0 Å². The largest absolute Gasteiger partial charge is 0.481 e. The minimum Gasteiger partial charge on any atom is -0.481 e. The van der Waals surface area contributed by atoms with Crippen LogP contribution in [0.4, 0.5) is 5.00 Å². The Hall–Kier alpha value is -3.23. The van der Waals surface area contributed by atoms with Crippen molar-refractivity contribution in [1.29, 1.82) is 0 Å². The molecule has 2 aromatic carbocycles. The number of anilines is 1. The maximum absolute atomic E-state index is 13.2. The van der Waals surface area contributed by atoms with E-state index in [4.69, 9.17) is 9.47 Å². The molecule has 0 aliphatic carbocycles. The summed E-state index contributed by atoms with van der Waals surface area (Å²) in [7, 11) is 0. The lowest BCUT2D eigenvalue weighted by Gasteiger charge is -2.23. The Kier molecular flexibility index (Phi) is 5.64. The van der Waals surface area contributed by atoms with Crippen LogP contribution in [0.25, 0.3) is 21.9 Å². The Balaban J connectivity index is 1.53. The zero-order valence-electron chi connectivity index (χ0n) is 17.9. The zero-order chi connectivity index (χ0) is 23.1. The molecule has 1 amide bonds. The van der Waals surface area contributed by atoms with Crippen molar-refractivity contribution in [2.24, 2.45) is 11.8 Å². The molecule has 0 spiro atoms. The number of carbonyl (C=O) groups is 3. The highest BCUT2D eigenvalue weighted by Gasteiger charge is 2.55. The van der Waals surface area contributed by atoms with E-state index >= 15 is 0 Å². The van der Waals surface area contributed by atoms with Crippen molar-refractivity contribution >= 4 is 45.0 Å². The maximum Gasteiger partial charge on any atom is 0.341 e. The smallest absolute Gasteiger partial charge is 0.341 e. The molecule has 2 N–H and O–H groups in total. The number of hydrogen-bond acceptors (Lipinski definition) is 6. The molecule has 0 radical (unpaired) electrons. The Morgan fingerprint density at radius 1 is 1.06 bits per heavy atom. The second-order valence-corrected chi connectivity index (χ2v) is 9.15. The average molecular weight is 466 g/mol. The minimum atomic E-state index is -1.03. The van der Waals surface area contributed by atoms with Gasteiger partial charge in [-0.05, 0) is 36.1 Å². The van der Waals surface area contributed by atoms with Crippen molar-refractivity contribution in [3.8, 4) is 11.1 Å². The van der Waals surface area contributed by atoms with Gasteiger partial charge in [0.2, 0.25) is 5.91 Å². The Morgan fingerprint density at radius 3 is 2.55 bits per heavy atom. The van der Waals surface area contributed by atoms with Gasteiger partial charge in [-0.15, -0.1) is 11.3 Å². The number of carboxylic acid groups (broad SMARTS) is 1. The van der Waals surface area contributed by atoms with Gasteiger partial charge in [0.25, 0.3) is 0 Å². The summed E-state index contributed by atoms with van der Waals surface area (Å²) in [5, 5.41) is 16.7. The number of benzene rings is 2. The Bertz CT molecular complexity index is 1250. The van der Waals surface area contributed by atoms with Crippen molar-refractivity contribution in [3.05, 3.63) is 53.4 Å². The quantitative estimate of drug-likeness (QED) is 0.518. The third kappa shape index (κ3) is 3.69. The van der Waals surface area contributed by atoms with Gasteiger partial charge in [-0.3, -0.25) is 9.59 Å². The highest BCUT2D eigenvalue weighted by molar-refractivity contribution is 7.15. The number of fused-ring (bicyclic) bond motifs is 3. The van der Waals surface area contributed by atoms with Gasteiger partial charge in [-0.25, -0.2) is 4.79 Å². The summed E-state index contributed by atoms with van der Waals surface area (Å²) in [5.41, 5.74) is 1.81. The van der Waals surface area contributed by atoms with E-state index in [0.29, 0.717) is 23.4 Å². The van der Waals surface area contributed by atoms with Gasteiger partial charge in [-0.2, -0.15) is 0 Å². The van der Waals surface area contributed by atoms with Crippen molar-refractivity contribution in [2.45, 2.75) is 32.0 Å². The molecule has 2 bridgehead atoms. The monoisotopic (exact) mass is 465 g/mol. The van der Waals surface area contributed by atoms with Gasteiger partial charge in [0.1, 0.15) is 10.6 Å². The highest BCUT2D eigenvalue weighted by Crippen LogP contribution is 2.45. The fourth-order valence-electron chi connectivity index (χ4n) is 5.03. The predicted octanol–water partition coefficient (Wildman–Crippen LogP) is 4.56. The summed E-state index contributed by atoms with van der Waals surface area (Å²) in [6.45, 7) is 1.92. The number of hydrogen-bond donors (Lipinski definition) is 2. The number of ether oxygens (including phenoxy) is 2. The first-order chi connectivity index (χ1) is 16.0. The molecule has 7 nitrogen and oxygen atoms in total. The van der Waals surface area contributed by atoms with Gasteiger partial charge in [0.05, 0.1) is 30.7 Å². The number of nitrogens with one attached hydrogen (secondary N) is 1. The van der Waals surface area contributed by atoms with Crippen LogP contribution in [0.1, 0.15) is 30.1 Å². The number of carbonyl (C=O) groups excluding carboxylic acids is 2. The molecule has 0 saturated carbocycles. The molecular weight excluding hydrogens is 442 g/mol.